The highest BCUT2D eigenvalue weighted by molar-refractivity contribution is 6.01. The summed E-state index contributed by atoms with van der Waals surface area (Å²) in [7, 11) is 0. The molecule has 0 fully saturated rings. The number of hydrogen-bond acceptors (Lipinski definition) is 4. The SMILES string of the molecule is CC(=[NH2+])c1c(N)ncnc1N. The monoisotopic (exact) mass is 152 g/mol. The molecule has 1 rings (SSSR count). The largest absolute Gasteiger partial charge is 0.383 e. The minimum atomic E-state index is 0.317. The van der Waals surface area contributed by atoms with Crippen LogP contribution in [0.1, 0.15) is 12.5 Å². The van der Waals surface area contributed by atoms with Crippen LogP contribution in [0, 0.1) is 0 Å². The van der Waals surface area contributed by atoms with Crippen LogP contribution in [-0.4, -0.2) is 15.7 Å². The third-order valence-electron chi connectivity index (χ3n) is 1.30. The normalized spacial score (nSPS) is 9.55. The Morgan fingerprint density at radius 1 is 1.36 bits per heavy atom. The fourth-order valence-electron chi connectivity index (χ4n) is 0.818. The van der Waals surface area contributed by atoms with E-state index in [1.807, 2.05) is 0 Å². The number of hydrogen-bond donors (Lipinski definition) is 3. The van der Waals surface area contributed by atoms with Gasteiger partial charge < -0.3 is 11.5 Å². The van der Waals surface area contributed by atoms with E-state index in [9.17, 15) is 0 Å². The zero-order valence-electron chi connectivity index (χ0n) is 6.20. The molecule has 0 saturated carbocycles. The maximum absolute atomic E-state index is 5.49. The Hall–Kier alpha value is -1.65. The van der Waals surface area contributed by atoms with Crippen molar-refractivity contribution in [2.45, 2.75) is 6.92 Å². The fraction of sp³-hybridized carbons (Fsp3) is 0.167. The van der Waals surface area contributed by atoms with Gasteiger partial charge in [0.2, 0.25) is 0 Å². The molecule has 0 bridgehead atoms. The topological polar surface area (TPSA) is 103 Å². The van der Waals surface area contributed by atoms with Crippen molar-refractivity contribution < 1.29 is 5.41 Å². The second-order valence-corrected chi connectivity index (χ2v) is 2.20. The highest BCUT2D eigenvalue weighted by atomic mass is 15.0. The molecule has 5 heteroatoms. The fourth-order valence-corrected chi connectivity index (χ4v) is 0.818. The molecule has 0 radical (unpaired) electrons. The molecule has 0 aliphatic carbocycles. The van der Waals surface area contributed by atoms with Gasteiger partial charge in [-0.05, 0) is 0 Å². The molecule has 0 aliphatic heterocycles. The Bertz CT molecular complexity index is 273. The minimum Gasteiger partial charge on any atom is -0.383 e. The molecule has 1 heterocycles. The average molecular weight is 152 g/mol. The van der Waals surface area contributed by atoms with Gasteiger partial charge in [-0.2, -0.15) is 0 Å². The van der Waals surface area contributed by atoms with Gasteiger partial charge in [0.05, 0.1) is 0 Å². The van der Waals surface area contributed by atoms with Crippen molar-refractivity contribution in [3.63, 3.8) is 0 Å². The quantitative estimate of drug-likeness (QED) is 0.413. The molecule has 0 aromatic carbocycles. The Balaban J connectivity index is 3.32. The summed E-state index contributed by atoms with van der Waals surface area (Å²) < 4.78 is 0. The maximum atomic E-state index is 5.49. The third-order valence-corrected chi connectivity index (χ3v) is 1.30. The molecule has 11 heavy (non-hydrogen) atoms. The van der Waals surface area contributed by atoms with Gasteiger partial charge in [-0.3, -0.25) is 5.41 Å². The van der Waals surface area contributed by atoms with Crippen molar-refractivity contribution in [2.24, 2.45) is 0 Å². The maximum Gasteiger partial charge on any atom is 0.184 e. The van der Waals surface area contributed by atoms with Gasteiger partial charge in [-0.15, -0.1) is 0 Å². The van der Waals surface area contributed by atoms with E-state index in [-0.39, 0.29) is 0 Å². The van der Waals surface area contributed by atoms with Crippen LogP contribution in [0.5, 0.6) is 0 Å². The molecule has 0 atom stereocenters. The molecule has 0 amide bonds. The zero-order chi connectivity index (χ0) is 8.43. The van der Waals surface area contributed by atoms with E-state index in [4.69, 9.17) is 16.9 Å². The van der Waals surface area contributed by atoms with Crippen molar-refractivity contribution in [3.05, 3.63) is 11.9 Å². The lowest BCUT2D eigenvalue weighted by Gasteiger charge is -2.00. The van der Waals surface area contributed by atoms with Crippen LogP contribution in [0.15, 0.2) is 6.33 Å². The van der Waals surface area contributed by atoms with Crippen molar-refractivity contribution in [3.8, 4) is 0 Å². The number of nitrogens with two attached hydrogens (primary N) is 3. The van der Waals surface area contributed by atoms with Crippen LogP contribution in [-0.2, 0) is 0 Å². The molecule has 1 aromatic heterocycles. The first-order chi connectivity index (χ1) is 5.13. The lowest BCUT2D eigenvalue weighted by molar-refractivity contribution is -0.113. The predicted molar refractivity (Wildman–Crippen MR) is 42.6 cm³/mol. The zero-order valence-corrected chi connectivity index (χ0v) is 6.20. The van der Waals surface area contributed by atoms with Gasteiger partial charge in [0.1, 0.15) is 23.5 Å². The standard InChI is InChI=1S/C6H9N5/c1-3(7)4-5(8)10-2-11-6(4)9/h2,7H,1H3,(H4,8,9,10,11)/p+1. The van der Waals surface area contributed by atoms with Crippen LogP contribution in [0.3, 0.4) is 0 Å². The molecule has 6 N–H and O–H groups in total. The van der Waals surface area contributed by atoms with Crippen LogP contribution in [0.4, 0.5) is 11.6 Å². The summed E-state index contributed by atoms with van der Waals surface area (Å²) in [6.07, 6.45) is 1.30. The smallest absolute Gasteiger partial charge is 0.184 e. The summed E-state index contributed by atoms with van der Waals surface area (Å²) >= 11 is 0. The summed E-state index contributed by atoms with van der Waals surface area (Å²) in [5.74, 6) is 0.634. The number of aromatic nitrogens is 2. The summed E-state index contributed by atoms with van der Waals surface area (Å²) in [5.41, 5.74) is 12.0. The van der Waals surface area contributed by atoms with E-state index in [0.29, 0.717) is 22.9 Å². The average Bonchev–Trinajstić information content (AvgIpc) is 1.85. The van der Waals surface area contributed by atoms with Crippen LogP contribution in [0.2, 0.25) is 0 Å². The highest BCUT2D eigenvalue weighted by Crippen LogP contribution is 2.12. The van der Waals surface area contributed by atoms with Gasteiger partial charge in [-0.1, -0.05) is 0 Å². The highest BCUT2D eigenvalue weighted by Gasteiger charge is 2.11. The van der Waals surface area contributed by atoms with E-state index >= 15 is 0 Å². The Morgan fingerprint density at radius 2 is 1.82 bits per heavy atom. The van der Waals surface area contributed by atoms with Crippen LogP contribution >= 0.6 is 0 Å². The molecule has 58 valence electrons. The number of nitrogen functional groups attached to an aromatic ring is 2. The van der Waals surface area contributed by atoms with Crippen molar-refractivity contribution in [1.82, 2.24) is 9.97 Å². The number of anilines is 2. The first-order valence-corrected chi connectivity index (χ1v) is 3.08. The molecule has 0 saturated heterocycles. The Morgan fingerprint density at radius 3 is 2.09 bits per heavy atom. The second kappa shape index (κ2) is 2.53. The first kappa shape index (κ1) is 7.46. The lowest BCUT2D eigenvalue weighted by Crippen LogP contribution is -2.39. The first-order valence-electron chi connectivity index (χ1n) is 3.08. The van der Waals surface area contributed by atoms with Gasteiger partial charge in [0, 0.05) is 6.92 Å². The Kier molecular flexibility index (Phi) is 1.72. The number of nitrogens with zero attached hydrogens (tertiary/aromatic N) is 2. The predicted octanol–water partition coefficient (Wildman–Crippen LogP) is -1.79. The summed E-state index contributed by atoms with van der Waals surface area (Å²) in [4.78, 5) is 7.49. The van der Waals surface area contributed by atoms with E-state index < -0.39 is 0 Å². The third kappa shape index (κ3) is 1.26. The minimum absolute atomic E-state index is 0.317. The lowest BCUT2D eigenvalue weighted by atomic mass is 10.2. The van der Waals surface area contributed by atoms with Crippen LogP contribution < -0.4 is 16.9 Å². The van der Waals surface area contributed by atoms with E-state index in [1.165, 1.54) is 6.33 Å². The number of rotatable bonds is 1. The second-order valence-electron chi connectivity index (χ2n) is 2.20. The summed E-state index contributed by atoms with van der Waals surface area (Å²) in [6.45, 7) is 1.70. The molecular formula is C6H10N5+. The van der Waals surface area contributed by atoms with Crippen molar-refractivity contribution in [1.29, 1.82) is 0 Å². The molecule has 0 unspecified atom stereocenters. The van der Waals surface area contributed by atoms with E-state index in [1.54, 1.807) is 6.92 Å². The molecule has 0 spiro atoms. The van der Waals surface area contributed by atoms with Crippen molar-refractivity contribution in [2.75, 3.05) is 11.5 Å². The van der Waals surface area contributed by atoms with Crippen LogP contribution in [0.25, 0.3) is 0 Å². The van der Waals surface area contributed by atoms with Crippen molar-refractivity contribution >= 4 is 17.3 Å². The van der Waals surface area contributed by atoms with E-state index in [2.05, 4.69) is 9.97 Å². The van der Waals surface area contributed by atoms with E-state index in [0.717, 1.165) is 0 Å². The van der Waals surface area contributed by atoms with Gasteiger partial charge in [0.25, 0.3) is 0 Å². The summed E-state index contributed by atoms with van der Waals surface area (Å²) in [6, 6.07) is 0. The Labute approximate surface area is 64.0 Å². The summed E-state index contributed by atoms with van der Waals surface area (Å²) in [5, 5.41) is 5.49. The molecule has 0 aliphatic rings. The molecule has 1 aromatic rings. The molecular weight excluding hydrogens is 142 g/mol. The van der Waals surface area contributed by atoms with Gasteiger partial charge in [-0.25, -0.2) is 9.97 Å². The molecule has 5 nitrogen and oxygen atoms in total. The van der Waals surface area contributed by atoms with Gasteiger partial charge in [0.15, 0.2) is 5.71 Å². The van der Waals surface area contributed by atoms with Gasteiger partial charge >= 0.3 is 0 Å².